The van der Waals surface area contributed by atoms with Gasteiger partial charge in [-0.15, -0.1) is 0 Å². The van der Waals surface area contributed by atoms with Crippen LogP contribution in [0, 0.1) is 0 Å². The first kappa shape index (κ1) is 30.4. The lowest BCUT2D eigenvalue weighted by atomic mass is 9.67. The van der Waals surface area contributed by atoms with E-state index >= 15 is 0 Å². The van der Waals surface area contributed by atoms with Crippen molar-refractivity contribution in [2.45, 2.75) is 51.4 Å². The minimum Gasteiger partial charge on any atom is -0.313 e. The first-order chi connectivity index (χ1) is 26.3. The SMILES string of the molecule is CC1(C)c2cc(-n3c4c(c5ccccc53)C=CCC4)ccc2-c2c1cc1c3c(cccc23)C(C)(C)c2cc(-n3c4ccccc4c4ccccc43)ccc2-1. The molecule has 3 aliphatic carbocycles. The lowest BCUT2D eigenvalue weighted by Gasteiger charge is -2.36. The van der Waals surface area contributed by atoms with Crippen molar-refractivity contribution in [2.75, 3.05) is 0 Å². The summed E-state index contributed by atoms with van der Waals surface area (Å²) in [6.07, 6.45) is 6.81. The first-order valence-electron chi connectivity index (χ1n) is 19.5. The van der Waals surface area contributed by atoms with Gasteiger partial charge < -0.3 is 9.13 Å². The molecule has 7 aromatic carbocycles. The molecule has 2 nitrogen and oxygen atoms in total. The van der Waals surface area contributed by atoms with Crippen molar-refractivity contribution in [2.24, 2.45) is 0 Å². The van der Waals surface area contributed by atoms with Crippen molar-refractivity contribution in [3.63, 3.8) is 0 Å². The van der Waals surface area contributed by atoms with Crippen molar-refractivity contribution in [3.8, 4) is 33.6 Å². The molecule has 0 saturated heterocycles. The van der Waals surface area contributed by atoms with E-state index in [1.54, 1.807) is 0 Å². The maximum absolute atomic E-state index is 2.56. The van der Waals surface area contributed by atoms with E-state index in [1.807, 2.05) is 0 Å². The Kier molecular flexibility index (Phi) is 5.79. The average Bonchev–Trinajstić information content (AvgIpc) is 3.80. The molecule has 258 valence electrons. The summed E-state index contributed by atoms with van der Waals surface area (Å²) in [7, 11) is 0. The van der Waals surface area contributed by atoms with Crippen LogP contribution in [0.5, 0.6) is 0 Å². The van der Waals surface area contributed by atoms with Crippen molar-refractivity contribution in [3.05, 3.63) is 173 Å². The molecule has 3 aliphatic rings. The summed E-state index contributed by atoms with van der Waals surface area (Å²) >= 11 is 0. The van der Waals surface area contributed by atoms with Gasteiger partial charge in [0.25, 0.3) is 0 Å². The van der Waals surface area contributed by atoms with E-state index in [4.69, 9.17) is 0 Å². The van der Waals surface area contributed by atoms with E-state index in [-0.39, 0.29) is 10.8 Å². The molecule has 0 unspecified atom stereocenters. The van der Waals surface area contributed by atoms with E-state index in [9.17, 15) is 0 Å². The fraction of sp³-hybridized carbons (Fsp3) is 0.154. The van der Waals surface area contributed by atoms with Crippen LogP contribution >= 0.6 is 0 Å². The maximum Gasteiger partial charge on any atom is 0.0541 e. The molecule has 9 aromatic rings. The second-order valence-corrected chi connectivity index (χ2v) is 16.8. The normalized spacial score (nSPS) is 15.9. The van der Waals surface area contributed by atoms with Crippen LogP contribution in [-0.4, -0.2) is 9.13 Å². The Balaban J connectivity index is 1.08. The van der Waals surface area contributed by atoms with Crippen LogP contribution < -0.4 is 0 Å². The predicted molar refractivity (Wildman–Crippen MR) is 228 cm³/mol. The molecule has 2 heterocycles. The number of benzene rings is 7. The van der Waals surface area contributed by atoms with E-state index in [0.717, 1.165) is 12.8 Å². The largest absolute Gasteiger partial charge is 0.313 e. The Hall–Kier alpha value is -6.12. The van der Waals surface area contributed by atoms with Gasteiger partial charge in [-0.3, -0.25) is 0 Å². The zero-order chi connectivity index (χ0) is 36.1. The summed E-state index contributed by atoms with van der Waals surface area (Å²) in [6, 6.07) is 50.7. The molecule has 12 rings (SSSR count). The van der Waals surface area contributed by atoms with Crippen molar-refractivity contribution in [1.29, 1.82) is 0 Å². The molecule has 0 aliphatic heterocycles. The third-order valence-electron chi connectivity index (χ3n) is 13.4. The summed E-state index contributed by atoms with van der Waals surface area (Å²) < 4.78 is 5.00. The standard InChI is InChI=1S/C52H40N2/c1-51(2)41-19-13-18-39-49-38-27-25-32(54-47-22-11-7-16-36(47)37-17-8-12-23-48(37)54)29-43(38)52(3,4)44(49)30-40(50(39)41)33-26-24-31(28-42(33)51)53-45-20-9-5-14-34(45)35-15-6-10-21-46(35)53/h5-11,13-22,24-30H,12,23H2,1-4H3. The molecule has 2 heteroatoms. The van der Waals surface area contributed by atoms with E-state index in [1.165, 1.54) is 111 Å². The Bertz CT molecular complexity index is 3100. The third-order valence-corrected chi connectivity index (χ3v) is 13.4. The van der Waals surface area contributed by atoms with Gasteiger partial charge in [-0.25, -0.2) is 0 Å². The van der Waals surface area contributed by atoms with Gasteiger partial charge in [0, 0.05) is 49.6 Å². The van der Waals surface area contributed by atoms with Crippen molar-refractivity contribution < 1.29 is 0 Å². The monoisotopic (exact) mass is 692 g/mol. The number of para-hydroxylation sites is 3. The number of hydrogen-bond acceptors (Lipinski definition) is 0. The topological polar surface area (TPSA) is 9.86 Å². The Morgan fingerprint density at radius 2 is 1.04 bits per heavy atom. The summed E-state index contributed by atoms with van der Waals surface area (Å²) in [6.45, 7) is 9.73. The van der Waals surface area contributed by atoms with Crippen LogP contribution in [0.25, 0.3) is 83.2 Å². The van der Waals surface area contributed by atoms with Gasteiger partial charge >= 0.3 is 0 Å². The quantitative estimate of drug-likeness (QED) is 0.171. The Morgan fingerprint density at radius 3 is 1.76 bits per heavy atom. The van der Waals surface area contributed by atoms with Crippen LogP contribution in [-0.2, 0) is 17.3 Å². The highest BCUT2D eigenvalue weighted by Crippen LogP contribution is 2.58. The second-order valence-electron chi connectivity index (χ2n) is 16.8. The molecule has 0 amide bonds. The first-order valence-corrected chi connectivity index (χ1v) is 19.5. The summed E-state index contributed by atoms with van der Waals surface area (Å²) in [5, 5.41) is 6.71. The van der Waals surface area contributed by atoms with E-state index in [2.05, 4.69) is 182 Å². The van der Waals surface area contributed by atoms with Crippen LogP contribution in [0.3, 0.4) is 0 Å². The molecule has 0 radical (unpaired) electrons. The van der Waals surface area contributed by atoms with Gasteiger partial charge in [0.1, 0.15) is 0 Å². The highest BCUT2D eigenvalue weighted by Gasteiger charge is 2.41. The number of nitrogens with zero attached hydrogens (tertiary/aromatic N) is 2. The zero-order valence-corrected chi connectivity index (χ0v) is 31.2. The minimum absolute atomic E-state index is 0.166. The average molecular weight is 693 g/mol. The number of allylic oxidation sites excluding steroid dienone is 1. The number of fused-ring (bicyclic) bond motifs is 12. The van der Waals surface area contributed by atoms with Crippen molar-refractivity contribution >= 4 is 49.6 Å². The smallest absolute Gasteiger partial charge is 0.0541 e. The molecule has 0 bridgehead atoms. The number of aromatic nitrogens is 2. The fourth-order valence-electron chi connectivity index (χ4n) is 10.8. The lowest BCUT2D eigenvalue weighted by molar-refractivity contribution is 0.643. The second kappa shape index (κ2) is 10.3. The van der Waals surface area contributed by atoms with Crippen LogP contribution in [0.15, 0.2) is 140 Å². The van der Waals surface area contributed by atoms with Gasteiger partial charge in [0.2, 0.25) is 0 Å². The number of hydrogen-bond donors (Lipinski definition) is 0. The molecular formula is C52H40N2. The Labute approximate surface area is 315 Å². The molecule has 0 saturated carbocycles. The van der Waals surface area contributed by atoms with Crippen molar-refractivity contribution in [1.82, 2.24) is 9.13 Å². The molecular weight excluding hydrogens is 653 g/mol. The molecule has 2 aromatic heterocycles. The van der Waals surface area contributed by atoms with E-state index in [0.29, 0.717) is 0 Å². The summed E-state index contributed by atoms with van der Waals surface area (Å²) in [4.78, 5) is 0. The van der Waals surface area contributed by atoms with Crippen LogP contribution in [0.4, 0.5) is 0 Å². The third kappa shape index (κ3) is 3.71. The van der Waals surface area contributed by atoms with E-state index < -0.39 is 0 Å². The van der Waals surface area contributed by atoms with Gasteiger partial charge in [-0.1, -0.05) is 125 Å². The lowest BCUT2D eigenvalue weighted by Crippen LogP contribution is -2.24. The zero-order valence-electron chi connectivity index (χ0n) is 31.2. The van der Waals surface area contributed by atoms with Gasteiger partial charge in [0.15, 0.2) is 0 Å². The summed E-state index contributed by atoms with van der Waals surface area (Å²) in [5.41, 5.74) is 19.8. The highest BCUT2D eigenvalue weighted by atomic mass is 15.0. The number of rotatable bonds is 2. The summed E-state index contributed by atoms with van der Waals surface area (Å²) in [5.74, 6) is 0. The molecule has 0 fully saturated rings. The highest BCUT2D eigenvalue weighted by molar-refractivity contribution is 6.13. The molecule has 54 heavy (non-hydrogen) atoms. The van der Waals surface area contributed by atoms with Crippen LogP contribution in [0.2, 0.25) is 0 Å². The maximum atomic E-state index is 2.56. The minimum atomic E-state index is -0.186. The molecule has 0 spiro atoms. The van der Waals surface area contributed by atoms with Gasteiger partial charge in [0.05, 0.1) is 16.6 Å². The van der Waals surface area contributed by atoms with Gasteiger partial charge in [-0.05, 0) is 117 Å². The van der Waals surface area contributed by atoms with Crippen LogP contribution in [0.1, 0.15) is 67.6 Å². The molecule has 0 atom stereocenters. The predicted octanol–water partition coefficient (Wildman–Crippen LogP) is 13.5. The Morgan fingerprint density at radius 1 is 0.463 bits per heavy atom. The molecule has 0 N–H and O–H groups in total. The fourth-order valence-corrected chi connectivity index (χ4v) is 10.8. The van der Waals surface area contributed by atoms with Gasteiger partial charge in [-0.2, -0.15) is 0 Å².